The Labute approximate surface area is 305 Å². The van der Waals surface area contributed by atoms with Gasteiger partial charge in [-0.1, -0.05) is 48.5 Å². The predicted molar refractivity (Wildman–Crippen MR) is 186 cm³/mol. The SMILES string of the molecule is COC(=O)[C@H]1O[C@@H](Oc2ccc(C=O)c(CCCCNC(=O)OCC3c4ccccc4-c4ccccc43)c2)[C@H](CC(=O)O)[C@@H](CC(=O)O)[C@@H]1CC(=O)O. The van der Waals surface area contributed by atoms with Crippen LogP contribution in [-0.2, 0) is 39.8 Å². The second-order valence-corrected chi connectivity index (χ2v) is 13.0. The zero-order chi connectivity index (χ0) is 38.1. The molecule has 0 aromatic heterocycles. The molecule has 0 bridgehead atoms. The topological polar surface area (TPSA) is 212 Å². The fraction of sp³-hybridized carbons (Fsp3) is 0.385. The molecule has 1 heterocycles. The molecule has 14 nitrogen and oxygen atoms in total. The summed E-state index contributed by atoms with van der Waals surface area (Å²) in [6, 6.07) is 20.6. The van der Waals surface area contributed by atoms with E-state index < -0.39 is 79.4 Å². The van der Waals surface area contributed by atoms with E-state index in [9.17, 15) is 44.1 Å². The lowest BCUT2D eigenvalue weighted by Crippen LogP contribution is -2.54. The number of hydrogen-bond donors (Lipinski definition) is 4. The number of ether oxygens (including phenoxy) is 4. The summed E-state index contributed by atoms with van der Waals surface area (Å²) in [7, 11) is 1.06. The number of carbonyl (C=O) groups excluding carboxylic acids is 3. The van der Waals surface area contributed by atoms with Gasteiger partial charge in [-0.2, -0.15) is 0 Å². The average Bonchev–Trinajstić information content (AvgIpc) is 3.45. The molecule has 0 unspecified atom stereocenters. The van der Waals surface area contributed by atoms with E-state index in [4.69, 9.17) is 18.9 Å². The van der Waals surface area contributed by atoms with Crippen molar-refractivity contribution in [2.45, 2.75) is 56.8 Å². The van der Waals surface area contributed by atoms with Crippen LogP contribution in [0.2, 0.25) is 0 Å². The third-order valence-corrected chi connectivity index (χ3v) is 9.76. The summed E-state index contributed by atoms with van der Waals surface area (Å²) in [5, 5.41) is 31.6. The lowest BCUT2D eigenvalue weighted by atomic mass is 9.71. The van der Waals surface area contributed by atoms with Crippen LogP contribution in [0.15, 0.2) is 66.7 Å². The highest BCUT2D eigenvalue weighted by Gasteiger charge is 2.51. The number of unbranched alkanes of at least 4 members (excludes halogenated alkanes) is 1. The number of benzene rings is 3. The molecule has 0 saturated carbocycles. The van der Waals surface area contributed by atoms with Crippen molar-refractivity contribution in [1.29, 1.82) is 0 Å². The number of carboxylic acid groups (broad SMARTS) is 3. The molecule has 1 saturated heterocycles. The van der Waals surface area contributed by atoms with Crippen LogP contribution in [0.1, 0.15) is 65.1 Å². The van der Waals surface area contributed by atoms with Gasteiger partial charge in [-0.25, -0.2) is 9.59 Å². The van der Waals surface area contributed by atoms with Crippen LogP contribution in [0.25, 0.3) is 11.1 Å². The number of carboxylic acids is 3. The first kappa shape index (κ1) is 38.5. The van der Waals surface area contributed by atoms with Gasteiger partial charge >= 0.3 is 30.0 Å². The minimum absolute atomic E-state index is 0.0663. The van der Waals surface area contributed by atoms with Crippen LogP contribution in [0.5, 0.6) is 5.75 Å². The Balaban J connectivity index is 1.20. The fourth-order valence-electron chi connectivity index (χ4n) is 7.37. The van der Waals surface area contributed by atoms with Crippen LogP contribution in [0, 0.1) is 17.8 Å². The maximum absolute atomic E-state index is 12.7. The number of carbonyl (C=O) groups is 6. The van der Waals surface area contributed by atoms with Gasteiger partial charge in [-0.15, -0.1) is 0 Å². The molecule has 1 aliphatic carbocycles. The number of rotatable bonds is 17. The van der Waals surface area contributed by atoms with Crippen molar-refractivity contribution in [2.24, 2.45) is 17.8 Å². The first-order chi connectivity index (χ1) is 25.5. The van der Waals surface area contributed by atoms with Gasteiger partial charge in [0.1, 0.15) is 18.6 Å². The third-order valence-electron chi connectivity index (χ3n) is 9.76. The van der Waals surface area contributed by atoms with Crippen molar-refractivity contribution in [1.82, 2.24) is 5.32 Å². The molecular formula is C39H41NO13. The van der Waals surface area contributed by atoms with Gasteiger partial charge in [0.15, 0.2) is 6.10 Å². The second kappa shape index (κ2) is 17.6. The van der Waals surface area contributed by atoms with Crippen molar-refractivity contribution in [3.63, 3.8) is 0 Å². The van der Waals surface area contributed by atoms with E-state index in [0.29, 0.717) is 43.2 Å². The van der Waals surface area contributed by atoms with Crippen LogP contribution in [0.3, 0.4) is 0 Å². The molecule has 1 aliphatic heterocycles. The van der Waals surface area contributed by atoms with Crippen molar-refractivity contribution in [3.8, 4) is 16.9 Å². The molecule has 4 N–H and O–H groups in total. The van der Waals surface area contributed by atoms with E-state index in [2.05, 4.69) is 17.4 Å². The smallest absolute Gasteiger partial charge is 0.407 e. The van der Waals surface area contributed by atoms with Gasteiger partial charge in [0.2, 0.25) is 6.29 Å². The number of nitrogens with one attached hydrogen (secondary N) is 1. The molecule has 53 heavy (non-hydrogen) atoms. The number of hydrogen-bond acceptors (Lipinski definition) is 10. The summed E-state index contributed by atoms with van der Waals surface area (Å²) >= 11 is 0. The lowest BCUT2D eigenvalue weighted by molar-refractivity contribution is -0.233. The van der Waals surface area contributed by atoms with Gasteiger partial charge in [0.05, 0.1) is 20.0 Å². The standard InChI is InChI=1S/C39H41NO13/c1-50-37(48)36-30(18-34(44)45)29(17-33(42)43)31(19-35(46)47)38(53-36)52-24-14-13-23(20-41)22(16-24)8-6-7-15-40-39(49)51-21-32-27-11-4-2-9-25(27)26-10-3-5-12-28(26)32/h2-5,9-14,16,20,29-32,36,38H,6-8,15,17-19,21H2,1H3,(H,40,49)(H,42,43)(H,44,45)(H,46,47)/t29-,30-,31+,36-,38+/m0/s1. The number of aliphatic carboxylic acids is 3. The van der Waals surface area contributed by atoms with Crippen LogP contribution in [0.4, 0.5) is 4.79 Å². The summed E-state index contributed by atoms with van der Waals surface area (Å²) in [4.78, 5) is 72.6. The Morgan fingerprint density at radius 1 is 0.792 bits per heavy atom. The molecule has 3 aromatic carbocycles. The summed E-state index contributed by atoms with van der Waals surface area (Å²) in [5.74, 6) is -8.35. The minimum Gasteiger partial charge on any atom is -0.481 e. The molecule has 14 heteroatoms. The molecule has 0 spiro atoms. The number of amides is 1. The Bertz CT molecular complexity index is 1800. The van der Waals surface area contributed by atoms with E-state index in [1.54, 1.807) is 6.07 Å². The van der Waals surface area contributed by atoms with E-state index in [1.807, 2.05) is 36.4 Å². The maximum atomic E-state index is 12.7. The Hall–Kier alpha value is -5.76. The van der Waals surface area contributed by atoms with Crippen molar-refractivity contribution in [2.75, 3.05) is 20.3 Å². The summed E-state index contributed by atoms with van der Waals surface area (Å²) in [6.45, 7) is 0.498. The Kier molecular flexibility index (Phi) is 12.8. The number of aldehydes is 1. The zero-order valence-electron chi connectivity index (χ0n) is 29.0. The molecule has 0 radical (unpaired) electrons. The first-order valence-electron chi connectivity index (χ1n) is 17.2. The molecule has 1 fully saturated rings. The van der Waals surface area contributed by atoms with Crippen LogP contribution in [-0.4, -0.2) is 84.2 Å². The van der Waals surface area contributed by atoms with Crippen molar-refractivity contribution >= 4 is 36.3 Å². The van der Waals surface area contributed by atoms with Gasteiger partial charge in [-0.3, -0.25) is 19.2 Å². The fourth-order valence-corrected chi connectivity index (χ4v) is 7.37. The number of alkyl carbamates (subject to hydrolysis) is 1. The lowest BCUT2D eigenvalue weighted by Gasteiger charge is -2.44. The number of aryl methyl sites for hydroxylation is 1. The molecule has 280 valence electrons. The second-order valence-electron chi connectivity index (χ2n) is 13.0. The highest BCUT2D eigenvalue weighted by Crippen LogP contribution is 2.45. The molecular weight excluding hydrogens is 690 g/mol. The van der Waals surface area contributed by atoms with Gasteiger partial charge in [-0.05, 0) is 71.2 Å². The Morgan fingerprint density at radius 3 is 2.00 bits per heavy atom. The highest BCUT2D eigenvalue weighted by atomic mass is 16.7. The number of fused-ring (bicyclic) bond motifs is 3. The molecule has 2 aliphatic rings. The van der Waals surface area contributed by atoms with Crippen LogP contribution >= 0.6 is 0 Å². The van der Waals surface area contributed by atoms with E-state index in [0.717, 1.165) is 29.4 Å². The zero-order valence-corrected chi connectivity index (χ0v) is 29.0. The number of esters is 1. The Morgan fingerprint density at radius 2 is 1.40 bits per heavy atom. The average molecular weight is 732 g/mol. The summed E-state index contributed by atoms with van der Waals surface area (Å²) in [5.41, 5.74) is 5.43. The quantitative estimate of drug-likeness (QED) is 0.0827. The maximum Gasteiger partial charge on any atom is 0.407 e. The first-order valence-corrected chi connectivity index (χ1v) is 17.2. The van der Waals surface area contributed by atoms with E-state index in [-0.39, 0.29) is 18.3 Å². The van der Waals surface area contributed by atoms with Crippen molar-refractivity contribution < 1.29 is 63.0 Å². The largest absolute Gasteiger partial charge is 0.481 e. The van der Waals surface area contributed by atoms with E-state index >= 15 is 0 Å². The number of methoxy groups -OCH3 is 1. The van der Waals surface area contributed by atoms with E-state index in [1.165, 1.54) is 12.1 Å². The molecule has 1 amide bonds. The van der Waals surface area contributed by atoms with Crippen LogP contribution < -0.4 is 10.1 Å². The van der Waals surface area contributed by atoms with Crippen molar-refractivity contribution in [3.05, 3.63) is 89.0 Å². The summed E-state index contributed by atoms with van der Waals surface area (Å²) < 4.78 is 22.3. The molecule has 5 atom stereocenters. The van der Waals surface area contributed by atoms with Gasteiger partial charge < -0.3 is 39.6 Å². The predicted octanol–water partition coefficient (Wildman–Crippen LogP) is 4.91. The third kappa shape index (κ3) is 9.38. The van der Waals surface area contributed by atoms with Gasteiger partial charge in [0.25, 0.3) is 0 Å². The molecule has 3 aromatic rings. The molecule has 5 rings (SSSR count). The van der Waals surface area contributed by atoms with Gasteiger partial charge in [0, 0.05) is 36.3 Å². The highest BCUT2D eigenvalue weighted by molar-refractivity contribution is 5.80. The normalized spacial score (nSPS) is 20.4. The minimum atomic E-state index is -1.55. The monoisotopic (exact) mass is 731 g/mol. The summed E-state index contributed by atoms with van der Waals surface area (Å²) in [6.07, 6.45) is -3.35.